The molecule has 0 amide bonds. The monoisotopic (exact) mass is 236 g/mol. The van der Waals surface area contributed by atoms with E-state index in [1.807, 2.05) is 36.4 Å². The molecular formula is C16H12O2. The Morgan fingerprint density at radius 2 is 1.83 bits per heavy atom. The highest BCUT2D eigenvalue weighted by molar-refractivity contribution is 6.11. The summed E-state index contributed by atoms with van der Waals surface area (Å²) in [4.78, 5) is 10.8. The molecule has 18 heavy (non-hydrogen) atoms. The lowest BCUT2D eigenvalue weighted by Gasteiger charge is -2.09. The third-order valence-electron chi connectivity index (χ3n) is 3.20. The van der Waals surface area contributed by atoms with Crippen molar-refractivity contribution in [2.24, 2.45) is 0 Å². The van der Waals surface area contributed by atoms with E-state index >= 15 is 0 Å². The van der Waals surface area contributed by atoms with Crippen LogP contribution < -0.4 is 4.74 Å². The van der Waals surface area contributed by atoms with Crippen LogP contribution in [0.25, 0.3) is 21.5 Å². The van der Waals surface area contributed by atoms with E-state index in [0.29, 0.717) is 5.56 Å². The van der Waals surface area contributed by atoms with Gasteiger partial charge in [0, 0.05) is 10.9 Å². The Bertz CT molecular complexity index is 745. The summed E-state index contributed by atoms with van der Waals surface area (Å²) >= 11 is 0. The summed E-state index contributed by atoms with van der Waals surface area (Å²) in [5.74, 6) is 0.858. The lowest BCUT2D eigenvalue weighted by Crippen LogP contribution is -1.87. The van der Waals surface area contributed by atoms with Crippen molar-refractivity contribution >= 4 is 27.8 Å². The Morgan fingerprint density at radius 1 is 1.00 bits per heavy atom. The number of methoxy groups -OCH3 is 1. The summed E-state index contributed by atoms with van der Waals surface area (Å²) in [6.45, 7) is 0. The molecule has 0 N–H and O–H groups in total. The van der Waals surface area contributed by atoms with E-state index in [-0.39, 0.29) is 0 Å². The van der Waals surface area contributed by atoms with Gasteiger partial charge in [0.25, 0.3) is 0 Å². The second-order valence-electron chi connectivity index (χ2n) is 4.22. The van der Waals surface area contributed by atoms with Crippen LogP contribution in [0, 0.1) is 0 Å². The standard InChI is InChI=1S/C16H12O2/c1-18-15-4-2-3-12-6-7-13-9-11(10-17)5-8-14(13)16(12)15/h2-10H,1H3. The fourth-order valence-corrected chi connectivity index (χ4v) is 2.34. The van der Waals surface area contributed by atoms with E-state index in [9.17, 15) is 4.79 Å². The lowest BCUT2D eigenvalue weighted by molar-refractivity contribution is 0.112. The Morgan fingerprint density at radius 3 is 2.61 bits per heavy atom. The van der Waals surface area contributed by atoms with E-state index in [2.05, 4.69) is 12.1 Å². The first-order chi connectivity index (χ1) is 8.83. The summed E-state index contributed by atoms with van der Waals surface area (Å²) in [7, 11) is 1.67. The number of aldehydes is 1. The third kappa shape index (κ3) is 1.54. The molecule has 0 bridgehead atoms. The second-order valence-corrected chi connectivity index (χ2v) is 4.22. The van der Waals surface area contributed by atoms with E-state index < -0.39 is 0 Å². The van der Waals surface area contributed by atoms with Gasteiger partial charge in [0.1, 0.15) is 12.0 Å². The highest BCUT2D eigenvalue weighted by atomic mass is 16.5. The van der Waals surface area contributed by atoms with Gasteiger partial charge in [0.15, 0.2) is 0 Å². The van der Waals surface area contributed by atoms with E-state index in [1.54, 1.807) is 7.11 Å². The number of fused-ring (bicyclic) bond motifs is 3. The largest absolute Gasteiger partial charge is 0.496 e. The molecule has 3 rings (SSSR count). The van der Waals surface area contributed by atoms with Gasteiger partial charge in [-0.2, -0.15) is 0 Å². The molecule has 0 saturated heterocycles. The average Bonchev–Trinajstić information content (AvgIpc) is 2.45. The first kappa shape index (κ1) is 10.8. The van der Waals surface area contributed by atoms with Gasteiger partial charge in [-0.1, -0.05) is 36.4 Å². The molecule has 0 fully saturated rings. The minimum absolute atomic E-state index is 0.691. The van der Waals surface area contributed by atoms with Crippen molar-refractivity contribution in [2.45, 2.75) is 0 Å². The number of hydrogen-bond acceptors (Lipinski definition) is 2. The van der Waals surface area contributed by atoms with Crippen LogP contribution in [-0.2, 0) is 0 Å². The molecule has 0 saturated carbocycles. The van der Waals surface area contributed by atoms with Gasteiger partial charge >= 0.3 is 0 Å². The topological polar surface area (TPSA) is 26.3 Å². The second kappa shape index (κ2) is 4.15. The summed E-state index contributed by atoms with van der Waals surface area (Å²) in [6, 6.07) is 15.8. The third-order valence-corrected chi connectivity index (χ3v) is 3.20. The minimum atomic E-state index is 0.691. The van der Waals surface area contributed by atoms with Gasteiger partial charge < -0.3 is 4.74 Å². The molecule has 0 unspecified atom stereocenters. The molecule has 2 nitrogen and oxygen atoms in total. The predicted octanol–water partition coefficient (Wildman–Crippen LogP) is 3.81. The molecule has 0 aliphatic carbocycles. The van der Waals surface area contributed by atoms with Gasteiger partial charge in [-0.3, -0.25) is 4.79 Å². The van der Waals surface area contributed by atoms with E-state index in [1.165, 1.54) is 0 Å². The van der Waals surface area contributed by atoms with Crippen molar-refractivity contribution in [3.8, 4) is 5.75 Å². The van der Waals surface area contributed by atoms with Crippen LogP contribution >= 0.6 is 0 Å². The van der Waals surface area contributed by atoms with Gasteiger partial charge in [0.05, 0.1) is 7.11 Å². The maximum Gasteiger partial charge on any atom is 0.150 e. The van der Waals surface area contributed by atoms with Crippen molar-refractivity contribution in [1.82, 2.24) is 0 Å². The number of carbonyl (C=O) groups is 1. The molecular weight excluding hydrogens is 224 g/mol. The molecule has 0 aliphatic rings. The fourth-order valence-electron chi connectivity index (χ4n) is 2.34. The number of ether oxygens (including phenoxy) is 1. The highest BCUT2D eigenvalue weighted by Crippen LogP contribution is 2.32. The number of benzene rings is 3. The van der Waals surface area contributed by atoms with E-state index in [0.717, 1.165) is 33.6 Å². The van der Waals surface area contributed by atoms with Crippen LogP contribution in [0.1, 0.15) is 10.4 Å². The van der Waals surface area contributed by atoms with Crippen LogP contribution in [0.3, 0.4) is 0 Å². The first-order valence-electron chi connectivity index (χ1n) is 5.78. The summed E-state index contributed by atoms with van der Waals surface area (Å²) in [6.07, 6.45) is 0.867. The zero-order chi connectivity index (χ0) is 12.5. The first-order valence-corrected chi connectivity index (χ1v) is 5.78. The van der Waals surface area contributed by atoms with Crippen LogP contribution in [0.4, 0.5) is 0 Å². The molecule has 0 aromatic heterocycles. The SMILES string of the molecule is COc1cccc2ccc3cc(C=O)ccc3c12. The van der Waals surface area contributed by atoms with Crippen molar-refractivity contribution in [1.29, 1.82) is 0 Å². The van der Waals surface area contributed by atoms with Crippen LogP contribution in [0.15, 0.2) is 48.5 Å². The maximum atomic E-state index is 10.8. The molecule has 0 radical (unpaired) electrons. The van der Waals surface area contributed by atoms with Crippen molar-refractivity contribution in [3.63, 3.8) is 0 Å². The van der Waals surface area contributed by atoms with Crippen molar-refractivity contribution < 1.29 is 9.53 Å². The Hall–Kier alpha value is -2.35. The van der Waals surface area contributed by atoms with Gasteiger partial charge in [-0.25, -0.2) is 0 Å². The normalized spacial score (nSPS) is 10.7. The lowest BCUT2D eigenvalue weighted by atomic mass is 10.00. The van der Waals surface area contributed by atoms with Gasteiger partial charge in [-0.15, -0.1) is 0 Å². The van der Waals surface area contributed by atoms with Gasteiger partial charge in [0.2, 0.25) is 0 Å². The summed E-state index contributed by atoms with van der Waals surface area (Å²) in [5.41, 5.74) is 0.691. The van der Waals surface area contributed by atoms with Crippen molar-refractivity contribution in [2.75, 3.05) is 7.11 Å². The number of hydrogen-bond donors (Lipinski definition) is 0. The molecule has 88 valence electrons. The zero-order valence-electron chi connectivity index (χ0n) is 10.0. The minimum Gasteiger partial charge on any atom is -0.496 e. The summed E-state index contributed by atoms with van der Waals surface area (Å²) < 4.78 is 5.42. The average molecular weight is 236 g/mol. The smallest absolute Gasteiger partial charge is 0.150 e. The molecule has 0 spiro atoms. The number of carbonyl (C=O) groups excluding carboxylic acids is 1. The fraction of sp³-hybridized carbons (Fsp3) is 0.0625. The van der Waals surface area contributed by atoms with Crippen LogP contribution in [0.2, 0.25) is 0 Å². The molecule has 0 heterocycles. The van der Waals surface area contributed by atoms with Gasteiger partial charge in [-0.05, 0) is 28.3 Å². The molecule has 3 aromatic rings. The Labute approximate surface area is 105 Å². The molecule has 2 heteroatoms. The quantitative estimate of drug-likeness (QED) is 0.499. The molecule has 3 aromatic carbocycles. The van der Waals surface area contributed by atoms with Crippen molar-refractivity contribution in [3.05, 3.63) is 54.1 Å². The van der Waals surface area contributed by atoms with E-state index in [4.69, 9.17) is 4.74 Å². The highest BCUT2D eigenvalue weighted by Gasteiger charge is 2.06. The predicted molar refractivity (Wildman–Crippen MR) is 73.4 cm³/mol. The Balaban J connectivity index is 2.48. The number of rotatable bonds is 2. The maximum absolute atomic E-state index is 10.8. The van der Waals surface area contributed by atoms with Crippen LogP contribution in [-0.4, -0.2) is 13.4 Å². The molecule has 0 aliphatic heterocycles. The zero-order valence-corrected chi connectivity index (χ0v) is 10.0. The molecule has 0 atom stereocenters. The van der Waals surface area contributed by atoms with Crippen LogP contribution in [0.5, 0.6) is 5.75 Å². The summed E-state index contributed by atoms with van der Waals surface area (Å²) in [5, 5.41) is 4.39. The Kier molecular flexibility index (Phi) is 2.49.